The van der Waals surface area contributed by atoms with Gasteiger partial charge in [-0.1, -0.05) is 18.2 Å². The number of pyridine rings is 2. The largest absolute Gasteiger partial charge is 0.380 e. The van der Waals surface area contributed by atoms with Gasteiger partial charge in [0.25, 0.3) is 5.91 Å². The molecule has 2 fully saturated rings. The molecule has 9 nitrogen and oxygen atoms in total. The maximum absolute atomic E-state index is 16.7. The number of alkyl halides is 1. The molecule has 0 radical (unpaired) electrons. The molecule has 0 spiro atoms. The van der Waals surface area contributed by atoms with Crippen LogP contribution in [0.15, 0.2) is 46.4 Å². The van der Waals surface area contributed by atoms with Crippen molar-refractivity contribution in [2.45, 2.75) is 38.3 Å². The summed E-state index contributed by atoms with van der Waals surface area (Å²) in [6, 6.07) is 6.23. The second-order valence-corrected chi connectivity index (χ2v) is 12.9. The first-order valence-electron chi connectivity index (χ1n) is 15.2. The number of anilines is 1. The molecule has 4 aromatic rings. The summed E-state index contributed by atoms with van der Waals surface area (Å²) in [7, 11) is 3.84. The topological polar surface area (TPSA) is 87.6 Å². The summed E-state index contributed by atoms with van der Waals surface area (Å²) >= 11 is 1.88. The summed E-state index contributed by atoms with van der Waals surface area (Å²) in [4.78, 5) is 37.6. The Labute approximate surface area is 274 Å². The molecule has 236 valence electrons. The molecule has 5 heterocycles. The lowest BCUT2D eigenvalue weighted by Crippen LogP contribution is -2.49. The Hall–Kier alpha value is -3.36. The van der Waals surface area contributed by atoms with Gasteiger partial charge in [-0.05, 0) is 66.4 Å². The number of rotatable bonds is 8. The molecule has 2 aliphatic rings. The maximum atomic E-state index is 16.7. The number of amides is 1. The maximum Gasteiger partial charge on any atom is 0.259 e. The van der Waals surface area contributed by atoms with Crippen LogP contribution in [0.25, 0.3) is 32.9 Å². The lowest BCUT2D eigenvalue weighted by atomic mass is 9.99. The van der Waals surface area contributed by atoms with E-state index in [4.69, 9.17) is 14.7 Å². The highest BCUT2D eigenvalue weighted by Crippen LogP contribution is 2.35. The fourth-order valence-electron chi connectivity index (χ4n) is 6.49. The van der Waals surface area contributed by atoms with E-state index in [0.717, 1.165) is 35.7 Å². The van der Waals surface area contributed by atoms with Crippen molar-refractivity contribution in [1.82, 2.24) is 29.7 Å². The van der Waals surface area contributed by atoms with E-state index in [1.54, 1.807) is 30.6 Å². The predicted molar refractivity (Wildman–Crippen MR) is 180 cm³/mol. The standard InChI is InChI=1S/C33H36F2IN7O2/c1-20-5-4-6-21-16-37-17-24(28(20)21)30-29(35)31-25(18-38-30)32(42-11-13-43(14-12-42)33(44)26(36)9-10-34)40-27(39-31)8-7-22-15-23(45-3)19-41(22)2/h4-6,9,16-18,22-23H,7-8,10-15,19H2,1-3H3/b26-9-/t22-,23-/m1/s1. The minimum Gasteiger partial charge on any atom is -0.380 e. The van der Waals surface area contributed by atoms with Crippen LogP contribution in [0, 0.1) is 12.7 Å². The van der Waals surface area contributed by atoms with Crippen molar-refractivity contribution in [2.24, 2.45) is 0 Å². The summed E-state index contributed by atoms with van der Waals surface area (Å²) in [6.07, 6.45) is 8.88. The van der Waals surface area contributed by atoms with E-state index in [9.17, 15) is 9.18 Å². The fraction of sp³-hybridized carbons (Fsp3) is 0.424. The van der Waals surface area contributed by atoms with Crippen molar-refractivity contribution in [3.63, 3.8) is 0 Å². The van der Waals surface area contributed by atoms with Crippen molar-refractivity contribution in [3.8, 4) is 11.3 Å². The molecule has 2 atom stereocenters. The Morgan fingerprint density at radius 1 is 1.16 bits per heavy atom. The first kappa shape index (κ1) is 31.6. The highest BCUT2D eigenvalue weighted by Gasteiger charge is 2.30. The number of likely N-dealkylation sites (tertiary alicyclic amines) is 1. The summed E-state index contributed by atoms with van der Waals surface area (Å²) < 4.78 is 35.4. The zero-order valence-corrected chi connectivity index (χ0v) is 27.8. The first-order valence-corrected chi connectivity index (χ1v) is 16.2. The van der Waals surface area contributed by atoms with Crippen LogP contribution in [-0.4, -0.2) is 101 Å². The van der Waals surface area contributed by atoms with Gasteiger partial charge >= 0.3 is 0 Å². The molecular formula is C33H36F2IN7O2. The van der Waals surface area contributed by atoms with Gasteiger partial charge in [-0.15, -0.1) is 0 Å². The lowest BCUT2D eigenvalue weighted by Gasteiger charge is -2.36. The summed E-state index contributed by atoms with van der Waals surface area (Å²) in [5.41, 5.74) is 2.05. The molecule has 0 unspecified atom stereocenters. The Bertz CT molecular complexity index is 1760. The third-order valence-corrected chi connectivity index (χ3v) is 9.87. The van der Waals surface area contributed by atoms with Crippen molar-refractivity contribution >= 4 is 56.0 Å². The highest BCUT2D eigenvalue weighted by molar-refractivity contribution is 14.1. The first-order chi connectivity index (χ1) is 21.8. The van der Waals surface area contributed by atoms with Gasteiger partial charge in [-0.25, -0.2) is 18.7 Å². The van der Waals surface area contributed by atoms with E-state index in [-0.39, 0.29) is 23.2 Å². The zero-order valence-electron chi connectivity index (χ0n) is 25.6. The Morgan fingerprint density at radius 3 is 2.69 bits per heavy atom. The molecule has 0 N–H and O–H groups in total. The van der Waals surface area contributed by atoms with Crippen LogP contribution >= 0.6 is 22.6 Å². The van der Waals surface area contributed by atoms with Gasteiger partial charge in [-0.3, -0.25) is 14.8 Å². The lowest BCUT2D eigenvalue weighted by molar-refractivity contribution is -0.126. The van der Waals surface area contributed by atoms with Crippen molar-refractivity contribution in [2.75, 3.05) is 58.5 Å². The van der Waals surface area contributed by atoms with Crippen LogP contribution in [0.2, 0.25) is 0 Å². The smallest absolute Gasteiger partial charge is 0.259 e. The molecule has 0 saturated carbocycles. The number of nitrogens with zero attached hydrogens (tertiary/aromatic N) is 7. The van der Waals surface area contributed by atoms with E-state index in [1.165, 1.54) is 6.08 Å². The monoisotopic (exact) mass is 727 g/mol. The van der Waals surface area contributed by atoms with Gasteiger partial charge in [0.05, 0.1) is 15.1 Å². The van der Waals surface area contributed by atoms with Gasteiger partial charge in [0.15, 0.2) is 5.82 Å². The van der Waals surface area contributed by atoms with Crippen molar-refractivity contribution in [1.29, 1.82) is 0 Å². The molecule has 1 aromatic carbocycles. The molecule has 3 aromatic heterocycles. The number of ether oxygens (including phenoxy) is 1. The summed E-state index contributed by atoms with van der Waals surface area (Å²) in [5, 5.41) is 2.34. The second-order valence-electron chi connectivity index (χ2n) is 11.7. The van der Waals surface area contributed by atoms with Crippen molar-refractivity contribution in [3.05, 3.63) is 63.7 Å². The number of likely N-dealkylation sites (N-methyl/N-ethyl adjacent to an activating group) is 1. The Balaban J connectivity index is 1.38. The van der Waals surface area contributed by atoms with Crippen LogP contribution < -0.4 is 4.90 Å². The predicted octanol–water partition coefficient (Wildman–Crippen LogP) is 5.28. The molecule has 0 aliphatic carbocycles. The number of carbonyl (C=O) groups is 1. The molecule has 12 heteroatoms. The number of halogens is 3. The van der Waals surface area contributed by atoms with E-state index in [0.29, 0.717) is 64.8 Å². The van der Waals surface area contributed by atoms with E-state index < -0.39 is 12.5 Å². The number of hydrogen-bond donors (Lipinski definition) is 0. The number of piperazine rings is 1. The quantitative estimate of drug-likeness (QED) is 0.179. The fourth-order valence-corrected chi connectivity index (χ4v) is 7.00. The molecule has 0 bridgehead atoms. The molecule has 6 rings (SSSR count). The van der Waals surface area contributed by atoms with E-state index in [1.807, 2.05) is 47.7 Å². The van der Waals surface area contributed by atoms with Crippen LogP contribution in [0.5, 0.6) is 0 Å². The third kappa shape index (κ3) is 6.36. The van der Waals surface area contributed by atoms with Gasteiger partial charge in [0.2, 0.25) is 0 Å². The van der Waals surface area contributed by atoms with Crippen LogP contribution in [0.3, 0.4) is 0 Å². The van der Waals surface area contributed by atoms with Gasteiger partial charge < -0.3 is 19.4 Å². The number of methoxy groups -OCH3 is 1. The number of hydrogen-bond acceptors (Lipinski definition) is 8. The van der Waals surface area contributed by atoms with Crippen LogP contribution in [0.4, 0.5) is 14.6 Å². The average Bonchev–Trinajstić information content (AvgIpc) is 3.43. The molecule has 2 aliphatic heterocycles. The number of fused-ring (bicyclic) bond motifs is 2. The van der Waals surface area contributed by atoms with Crippen LogP contribution in [0.1, 0.15) is 24.2 Å². The highest BCUT2D eigenvalue weighted by atomic mass is 127. The van der Waals surface area contributed by atoms with Gasteiger partial charge in [0.1, 0.15) is 29.5 Å². The number of benzene rings is 1. The number of aromatic nitrogens is 4. The average molecular weight is 728 g/mol. The summed E-state index contributed by atoms with van der Waals surface area (Å²) in [6.45, 7) is 4.04. The molecule has 2 saturated heterocycles. The zero-order chi connectivity index (χ0) is 31.7. The second kappa shape index (κ2) is 13.6. The summed E-state index contributed by atoms with van der Waals surface area (Å²) in [5.74, 6) is 0.476. The normalized spacial score (nSPS) is 19.6. The molecule has 1 amide bonds. The minimum atomic E-state index is -0.683. The SMILES string of the molecule is CO[C@@H]1C[C@@H](CCc2nc(N3CCN(C(=O)/C(I)=C/CF)CC3)c3cnc(-c4cncc5cccc(C)c45)c(F)c3n2)N(C)C1. The Kier molecular flexibility index (Phi) is 9.52. The van der Waals surface area contributed by atoms with E-state index >= 15 is 4.39 Å². The number of allylic oxidation sites excluding steroid dienone is 1. The molecular weight excluding hydrogens is 691 g/mol. The van der Waals surface area contributed by atoms with E-state index in [2.05, 4.69) is 26.8 Å². The third-order valence-electron chi connectivity index (χ3n) is 8.97. The van der Waals surface area contributed by atoms with Gasteiger partial charge in [-0.2, -0.15) is 0 Å². The van der Waals surface area contributed by atoms with Crippen LogP contribution in [-0.2, 0) is 16.0 Å². The van der Waals surface area contributed by atoms with Crippen molar-refractivity contribution < 1.29 is 18.3 Å². The Morgan fingerprint density at radius 2 is 1.96 bits per heavy atom. The molecule has 45 heavy (non-hydrogen) atoms. The number of carbonyl (C=O) groups excluding carboxylic acids is 1. The minimum absolute atomic E-state index is 0.187. The number of aryl methyl sites for hydroxylation is 2. The van der Waals surface area contributed by atoms with Gasteiger partial charge in [0, 0.05) is 81.8 Å².